The zero-order valence-electron chi connectivity index (χ0n) is 17.2. The van der Waals surface area contributed by atoms with Crippen molar-refractivity contribution in [3.63, 3.8) is 0 Å². The smallest absolute Gasteiger partial charge is 0.373 e. The molecule has 1 saturated heterocycles. The molecule has 4 rings (SSSR count). The van der Waals surface area contributed by atoms with E-state index in [1.165, 1.54) is 12.6 Å². The van der Waals surface area contributed by atoms with Gasteiger partial charge in [0, 0.05) is 26.2 Å². The Bertz CT molecular complexity index is 1120. The summed E-state index contributed by atoms with van der Waals surface area (Å²) in [5, 5.41) is 11.9. The van der Waals surface area contributed by atoms with Crippen molar-refractivity contribution in [2.75, 3.05) is 31.1 Å². The first-order valence-corrected chi connectivity index (χ1v) is 10.0. The first-order valence-electron chi connectivity index (χ1n) is 10.0. The van der Waals surface area contributed by atoms with Crippen LogP contribution in [0.2, 0.25) is 0 Å². The summed E-state index contributed by atoms with van der Waals surface area (Å²) >= 11 is 0. The van der Waals surface area contributed by atoms with Gasteiger partial charge in [0.05, 0.1) is 11.2 Å². The number of amides is 1. The van der Waals surface area contributed by atoms with Gasteiger partial charge in [-0.3, -0.25) is 14.9 Å². The summed E-state index contributed by atoms with van der Waals surface area (Å²) in [5.41, 5.74) is 0.522. The number of ether oxygens (including phenoxy) is 1. The Balaban J connectivity index is 1.56. The molecule has 0 aliphatic carbocycles. The Morgan fingerprint density at radius 1 is 1.19 bits per heavy atom. The highest BCUT2D eigenvalue weighted by Gasteiger charge is 2.32. The van der Waals surface area contributed by atoms with Crippen molar-refractivity contribution >= 4 is 17.4 Å². The Kier molecular flexibility index (Phi) is 6.11. The molecule has 164 valence electrons. The number of nitrogens with zero attached hydrogens (tertiary/aromatic N) is 5. The largest absolute Gasteiger partial charge is 0.459 e. The van der Waals surface area contributed by atoms with E-state index < -0.39 is 4.92 Å². The molecule has 1 fully saturated rings. The Morgan fingerprint density at radius 3 is 2.66 bits per heavy atom. The van der Waals surface area contributed by atoms with Gasteiger partial charge < -0.3 is 19.0 Å². The van der Waals surface area contributed by atoms with Gasteiger partial charge in [-0.2, -0.15) is 4.98 Å². The predicted octanol–water partition coefficient (Wildman–Crippen LogP) is 3.46. The van der Waals surface area contributed by atoms with Gasteiger partial charge in [-0.25, -0.2) is 4.98 Å². The van der Waals surface area contributed by atoms with Crippen LogP contribution in [0.3, 0.4) is 0 Å². The van der Waals surface area contributed by atoms with Gasteiger partial charge in [-0.15, -0.1) is 6.58 Å². The molecule has 10 heteroatoms. The van der Waals surface area contributed by atoms with Crippen LogP contribution in [0.15, 0.2) is 66.1 Å². The van der Waals surface area contributed by atoms with Crippen LogP contribution in [-0.4, -0.2) is 51.9 Å². The van der Waals surface area contributed by atoms with Crippen LogP contribution < -0.4 is 9.64 Å². The predicted molar refractivity (Wildman–Crippen MR) is 116 cm³/mol. The van der Waals surface area contributed by atoms with E-state index in [-0.39, 0.29) is 29.1 Å². The van der Waals surface area contributed by atoms with Crippen molar-refractivity contribution in [2.24, 2.45) is 0 Å². The molecule has 32 heavy (non-hydrogen) atoms. The molecule has 1 amide bonds. The fourth-order valence-electron chi connectivity index (χ4n) is 3.53. The molecule has 1 aliphatic heterocycles. The van der Waals surface area contributed by atoms with Crippen LogP contribution in [0.1, 0.15) is 16.1 Å². The summed E-state index contributed by atoms with van der Waals surface area (Å²) in [5.74, 6) is 0.543. The molecule has 0 spiro atoms. The molecule has 3 heterocycles. The van der Waals surface area contributed by atoms with Gasteiger partial charge >= 0.3 is 11.6 Å². The summed E-state index contributed by atoms with van der Waals surface area (Å²) < 4.78 is 11.0. The number of para-hydroxylation sites is 1. The third kappa shape index (κ3) is 4.29. The monoisotopic (exact) mass is 435 g/mol. The number of carbonyl (C=O) groups excluding carboxylic acids is 1. The summed E-state index contributed by atoms with van der Waals surface area (Å²) in [6, 6.07) is 10.5. The number of nitro groups is 1. The molecule has 2 aromatic heterocycles. The highest BCUT2D eigenvalue weighted by atomic mass is 16.6. The van der Waals surface area contributed by atoms with Gasteiger partial charge in [0.15, 0.2) is 5.76 Å². The summed E-state index contributed by atoms with van der Waals surface area (Å²) in [6.45, 7) is 5.22. The van der Waals surface area contributed by atoms with Crippen LogP contribution in [0.5, 0.6) is 11.6 Å². The molecule has 0 saturated carbocycles. The zero-order valence-corrected chi connectivity index (χ0v) is 17.2. The standard InChI is InChI=1S/C22H21N5O5/c1-2-6-16-7-3-4-8-17(16)32-21-19(27(29)30)20(23-15-24-21)25-10-12-26(13-11-25)22(28)18-9-5-14-31-18/h2-5,7-9,14-15H,1,6,10-13H2. The van der Waals surface area contributed by atoms with Gasteiger partial charge in [0.2, 0.25) is 5.82 Å². The fourth-order valence-corrected chi connectivity index (χ4v) is 3.53. The number of furan rings is 1. The molecule has 0 bridgehead atoms. The summed E-state index contributed by atoms with van der Waals surface area (Å²) in [6.07, 6.45) is 4.97. The van der Waals surface area contributed by atoms with E-state index in [1.54, 1.807) is 40.1 Å². The number of aromatic nitrogens is 2. The lowest BCUT2D eigenvalue weighted by atomic mass is 10.1. The minimum atomic E-state index is -0.541. The third-order valence-corrected chi connectivity index (χ3v) is 5.09. The molecule has 0 radical (unpaired) electrons. The number of piperazine rings is 1. The van der Waals surface area contributed by atoms with Crippen LogP contribution in [0, 0.1) is 10.1 Å². The van der Waals surface area contributed by atoms with Crippen molar-refractivity contribution in [1.29, 1.82) is 0 Å². The Hall–Kier alpha value is -4.21. The highest BCUT2D eigenvalue weighted by molar-refractivity contribution is 5.91. The molecule has 10 nitrogen and oxygen atoms in total. The highest BCUT2D eigenvalue weighted by Crippen LogP contribution is 2.37. The maximum absolute atomic E-state index is 12.5. The lowest BCUT2D eigenvalue weighted by Gasteiger charge is -2.34. The number of rotatable bonds is 7. The first-order chi connectivity index (χ1) is 15.6. The van der Waals surface area contributed by atoms with E-state index in [9.17, 15) is 14.9 Å². The van der Waals surface area contributed by atoms with Crippen molar-refractivity contribution < 1.29 is 18.9 Å². The van der Waals surface area contributed by atoms with Gasteiger partial charge in [-0.05, 0) is 30.2 Å². The second-order valence-corrected chi connectivity index (χ2v) is 7.07. The van der Waals surface area contributed by atoms with E-state index in [1.807, 2.05) is 12.1 Å². The second-order valence-electron chi connectivity index (χ2n) is 7.07. The van der Waals surface area contributed by atoms with Gasteiger partial charge in [0.1, 0.15) is 12.1 Å². The van der Waals surface area contributed by atoms with Crippen LogP contribution in [-0.2, 0) is 6.42 Å². The van der Waals surface area contributed by atoms with Crippen molar-refractivity contribution in [2.45, 2.75) is 6.42 Å². The number of hydrogen-bond acceptors (Lipinski definition) is 8. The van der Waals surface area contributed by atoms with Crippen molar-refractivity contribution in [3.8, 4) is 11.6 Å². The summed E-state index contributed by atoms with van der Waals surface area (Å²) in [4.78, 5) is 35.5. The minimum Gasteiger partial charge on any atom is -0.459 e. The fraction of sp³-hybridized carbons (Fsp3) is 0.227. The number of allylic oxidation sites excluding steroid dienone is 1. The quantitative estimate of drug-likeness (QED) is 0.315. The number of carbonyl (C=O) groups is 1. The zero-order chi connectivity index (χ0) is 22.5. The van der Waals surface area contributed by atoms with Crippen LogP contribution in [0.4, 0.5) is 11.5 Å². The van der Waals surface area contributed by atoms with Crippen LogP contribution in [0.25, 0.3) is 0 Å². The lowest BCUT2D eigenvalue weighted by molar-refractivity contribution is -0.385. The van der Waals surface area contributed by atoms with E-state index in [4.69, 9.17) is 9.15 Å². The average molecular weight is 435 g/mol. The Morgan fingerprint density at radius 2 is 1.97 bits per heavy atom. The molecular formula is C22H21N5O5. The van der Waals surface area contributed by atoms with Crippen molar-refractivity contribution in [1.82, 2.24) is 14.9 Å². The second kappa shape index (κ2) is 9.29. The van der Waals surface area contributed by atoms with Gasteiger partial charge in [-0.1, -0.05) is 24.3 Å². The van der Waals surface area contributed by atoms with Crippen LogP contribution >= 0.6 is 0 Å². The number of benzene rings is 1. The molecule has 1 aliphatic rings. The normalized spacial score (nSPS) is 13.6. The van der Waals surface area contributed by atoms with E-state index in [0.717, 1.165) is 5.56 Å². The molecule has 1 aromatic carbocycles. The molecule has 3 aromatic rings. The molecule has 0 N–H and O–H groups in total. The molecule has 0 atom stereocenters. The van der Waals surface area contributed by atoms with Crippen molar-refractivity contribution in [3.05, 3.63) is 83.1 Å². The Labute approximate surface area is 183 Å². The average Bonchev–Trinajstić information content (AvgIpc) is 3.35. The molecule has 0 unspecified atom stereocenters. The van der Waals surface area contributed by atoms with E-state index >= 15 is 0 Å². The first kappa shape index (κ1) is 21.0. The topological polar surface area (TPSA) is 115 Å². The maximum Gasteiger partial charge on any atom is 0.373 e. The summed E-state index contributed by atoms with van der Waals surface area (Å²) in [7, 11) is 0. The number of anilines is 1. The number of hydrogen-bond donors (Lipinski definition) is 0. The maximum atomic E-state index is 12.5. The van der Waals surface area contributed by atoms with E-state index in [2.05, 4.69) is 16.5 Å². The minimum absolute atomic E-state index is 0.134. The van der Waals surface area contributed by atoms with Gasteiger partial charge in [0.25, 0.3) is 5.91 Å². The van der Waals surface area contributed by atoms with E-state index in [0.29, 0.717) is 38.3 Å². The third-order valence-electron chi connectivity index (χ3n) is 5.09. The molecular weight excluding hydrogens is 414 g/mol. The SMILES string of the molecule is C=CCc1ccccc1Oc1ncnc(N2CCN(C(=O)c3ccco3)CC2)c1[N+](=O)[O-]. The lowest BCUT2D eigenvalue weighted by Crippen LogP contribution is -2.49.